The summed E-state index contributed by atoms with van der Waals surface area (Å²) in [5.41, 5.74) is 2.04. The second-order valence-corrected chi connectivity index (χ2v) is 6.23. The van der Waals surface area contributed by atoms with E-state index >= 15 is 0 Å². The van der Waals surface area contributed by atoms with E-state index in [1.807, 2.05) is 48.5 Å². The first kappa shape index (κ1) is 26.6. The summed E-state index contributed by atoms with van der Waals surface area (Å²) in [5.74, 6) is 0.822. The Bertz CT molecular complexity index is 637. The van der Waals surface area contributed by atoms with Crippen molar-refractivity contribution < 1.29 is 28.4 Å². The van der Waals surface area contributed by atoms with Gasteiger partial charge in [0.1, 0.15) is 5.75 Å². The van der Waals surface area contributed by atoms with Crippen LogP contribution in [0, 0.1) is 13.8 Å². The zero-order valence-electron chi connectivity index (χ0n) is 16.7. The SMILES string of the molecule is O=[C-]Nc1ccc(CCCCCOc2cccc(Cl)c2)cc1.[CH2-]CNC[CH2-].[Li+]. The van der Waals surface area contributed by atoms with Gasteiger partial charge in [0.15, 0.2) is 0 Å². The van der Waals surface area contributed by atoms with Crippen molar-refractivity contribution in [2.75, 3.05) is 25.0 Å². The minimum absolute atomic E-state index is 0. The van der Waals surface area contributed by atoms with Gasteiger partial charge in [0, 0.05) is 5.02 Å². The van der Waals surface area contributed by atoms with Gasteiger partial charge < -0.3 is 34.0 Å². The summed E-state index contributed by atoms with van der Waals surface area (Å²) in [6.07, 6.45) is 5.94. The standard InChI is InChI=1S/C18H19ClNO2.C4H9N.Li/c19-16-6-4-7-18(13-16)22-12-3-1-2-5-15-8-10-17(11-9-15)20-14-21;1-3-5-4-2;/h4,6-11,13H,1-3,5,12H2,(H,20,21);5H,1-4H2;/q-1;-2;+1. The van der Waals surface area contributed by atoms with Gasteiger partial charge in [0.2, 0.25) is 0 Å². The van der Waals surface area contributed by atoms with Crippen LogP contribution in [0.25, 0.3) is 0 Å². The number of hydrogen-bond donors (Lipinski definition) is 2. The first-order valence-electron chi connectivity index (χ1n) is 9.09. The van der Waals surface area contributed by atoms with Crippen molar-refractivity contribution in [2.24, 2.45) is 0 Å². The average Bonchev–Trinajstić information content (AvgIpc) is 2.67. The van der Waals surface area contributed by atoms with Crippen LogP contribution in [0.4, 0.5) is 5.69 Å². The predicted octanol–water partition coefficient (Wildman–Crippen LogP) is 1.86. The largest absolute Gasteiger partial charge is 1.00 e. The number of ether oxygens (including phenoxy) is 1. The zero-order chi connectivity index (χ0) is 19.7. The van der Waals surface area contributed by atoms with Gasteiger partial charge in [-0.1, -0.05) is 35.4 Å². The Balaban J connectivity index is 0.00000108. The fourth-order valence-electron chi connectivity index (χ4n) is 2.29. The number of hydrogen-bond acceptors (Lipinski definition) is 3. The maximum atomic E-state index is 10.2. The molecule has 1 amide bonds. The van der Waals surface area contributed by atoms with E-state index in [0.717, 1.165) is 50.2 Å². The monoisotopic (exact) mass is 394 g/mol. The van der Waals surface area contributed by atoms with E-state index in [1.54, 1.807) is 6.41 Å². The summed E-state index contributed by atoms with van der Waals surface area (Å²) in [6, 6.07) is 15.3. The van der Waals surface area contributed by atoms with Gasteiger partial charge in [0.25, 0.3) is 0 Å². The first-order valence-corrected chi connectivity index (χ1v) is 9.47. The normalized spacial score (nSPS) is 9.54. The molecule has 0 saturated carbocycles. The molecule has 0 saturated heterocycles. The fraction of sp³-hybridized carbons (Fsp3) is 0.318. The van der Waals surface area contributed by atoms with E-state index in [0.29, 0.717) is 11.6 Å². The molecule has 2 rings (SSSR count). The van der Waals surface area contributed by atoms with E-state index in [2.05, 4.69) is 24.5 Å². The minimum Gasteiger partial charge on any atom is -0.494 e. The van der Waals surface area contributed by atoms with Crippen LogP contribution in [0.1, 0.15) is 24.8 Å². The molecular weight excluding hydrogens is 367 g/mol. The molecular formula is C22H28ClLiN2O2-2. The van der Waals surface area contributed by atoms with Crippen LogP contribution in [-0.4, -0.2) is 26.1 Å². The Kier molecular flexibility index (Phi) is 16.7. The van der Waals surface area contributed by atoms with Crippen molar-refractivity contribution in [2.45, 2.75) is 25.7 Å². The number of unbranched alkanes of at least 4 members (excludes halogenated alkanes) is 2. The smallest absolute Gasteiger partial charge is 0.494 e. The molecule has 28 heavy (non-hydrogen) atoms. The molecule has 0 radical (unpaired) electrons. The molecule has 0 heterocycles. The quantitative estimate of drug-likeness (QED) is 0.265. The Labute approximate surface area is 186 Å². The van der Waals surface area contributed by atoms with Gasteiger partial charge in [-0.05, 0) is 43.9 Å². The van der Waals surface area contributed by atoms with Crippen LogP contribution >= 0.6 is 11.6 Å². The molecule has 0 spiro atoms. The Morgan fingerprint density at radius 2 is 1.71 bits per heavy atom. The fourth-order valence-corrected chi connectivity index (χ4v) is 2.47. The number of halogens is 1. The number of amides is 1. The van der Waals surface area contributed by atoms with Crippen molar-refractivity contribution in [1.29, 1.82) is 0 Å². The molecule has 0 aliphatic rings. The maximum absolute atomic E-state index is 10.2. The molecule has 0 fully saturated rings. The van der Waals surface area contributed by atoms with E-state index in [1.165, 1.54) is 5.56 Å². The van der Waals surface area contributed by atoms with Crippen molar-refractivity contribution in [3.05, 3.63) is 73.0 Å². The third kappa shape index (κ3) is 12.9. The van der Waals surface area contributed by atoms with E-state index in [9.17, 15) is 4.79 Å². The summed E-state index contributed by atoms with van der Waals surface area (Å²) in [7, 11) is 0. The van der Waals surface area contributed by atoms with Gasteiger partial charge in [-0.3, -0.25) is 0 Å². The molecule has 6 heteroatoms. The Morgan fingerprint density at radius 3 is 2.29 bits per heavy atom. The summed E-state index contributed by atoms with van der Waals surface area (Å²) in [4.78, 5) is 10.2. The molecule has 148 valence electrons. The van der Waals surface area contributed by atoms with Crippen LogP contribution in [0.5, 0.6) is 5.75 Å². The number of carbonyl (C=O) groups excluding carboxylic acids is 1. The van der Waals surface area contributed by atoms with Gasteiger partial charge in [-0.15, -0.1) is 30.9 Å². The minimum atomic E-state index is 0. The molecule has 0 bridgehead atoms. The zero-order valence-corrected chi connectivity index (χ0v) is 17.4. The molecule has 0 aliphatic heterocycles. The summed E-state index contributed by atoms with van der Waals surface area (Å²) in [5, 5.41) is 6.09. The summed E-state index contributed by atoms with van der Waals surface area (Å²) < 4.78 is 5.65. The molecule has 0 aliphatic carbocycles. The molecule has 2 N–H and O–H groups in total. The van der Waals surface area contributed by atoms with E-state index < -0.39 is 0 Å². The molecule has 0 aromatic heterocycles. The number of benzene rings is 2. The van der Waals surface area contributed by atoms with Crippen molar-refractivity contribution in [3.8, 4) is 5.75 Å². The third-order valence-electron chi connectivity index (χ3n) is 3.68. The maximum Gasteiger partial charge on any atom is 1.00 e. The second-order valence-electron chi connectivity index (χ2n) is 5.79. The van der Waals surface area contributed by atoms with Crippen molar-refractivity contribution in [3.63, 3.8) is 0 Å². The topological polar surface area (TPSA) is 50.4 Å². The van der Waals surface area contributed by atoms with Crippen LogP contribution in [0.2, 0.25) is 5.02 Å². The number of aryl methyl sites for hydroxylation is 1. The molecule has 0 unspecified atom stereocenters. The van der Waals surface area contributed by atoms with Gasteiger partial charge in [-0.2, -0.15) is 0 Å². The average molecular weight is 395 g/mol. The first-order chi connectivity index (χ1) is 13.2. The van der Waals surface area contributed by atoms with Gasteiger partial charge in [-0.25, -0.2) is 0 Å². The van der Waals surface area contributed by atoms with Crippen LogP contribution in [0.15, 0.2) is 48.5 Å². The summed E-state index contributed by atoms with van der Waals surface area (Å²) >= 11 is 5.90. The molecule has 2 aromatic rings. The Hall–Kier alpha value is -1.44. The van der Waals surface area contributed by atoms with E-state index in [4.69, 9.17) is 16.3 Å². The molecule has 2 aromatic carbocycles. The van der Waals surface area contributed by atoms with Crippen molar-refractivity contribution in [1.82, 2.24) is 5.32 Å². The number of anilines is 1. The number of nitrogens with one attached hydrogen (secondary N) is 2. The van der Waals surface area contributed by atoms with Crippen LogP contribution in [0.3, 0.4) is 0 Å². The van der Waals surface area contributed by atoms with Gasteiger partial charge >= 0.3 is 18.9 Å². The number of rotatable bonds is 11. The third-order valence-corrected chi connectivity index (χ3v) is 3.91. The second kappa shape index (κ2) is 17.6. The Morgan fingerprint density at radius 1 is 1.00 bits per heavy atom. The van der Waals surface area contributed by atoms with Gasteiger partial charge in [0.05, 0.1) is 13.0 Å². The summed E-state index contributed by atoms with van der Waals surface area (Å²) in [6.45, 7) is 9.32. The van der Waals surface area contributed by atoms with Crippen LogP contribution in [-0.2, 0) is 11.2 Å². The van der Waals surface area contributed by atoms with E-state index in [-0.39, 0.29) is 18.9 Å². The predicted molar refractivity (Wildman–Crippen MR) is 114 cm³/mol. The molecule has 0 atom stereocenters. The molecule has 4 nitrogen and oxygen atoms in total. The van der Waals surface area contributed by atoms with Crippen molar-refractivity contribution >= 4 is 23.7 Å². The van der Waals surface area contributed by atoms with Crippen LogP contribution < -0.4 is 34.2 Å².